The number of nitrogens with zero attached hydrogens (tertiary/aromatic N) is 4. The molecule has 3 aromatic rings. The van der Waals surface area contributed by atoms with Gasteiger partial charge in [0.25, 0.3) is 5.60 Å². The molecule has 2 aromatic heterocycles. The van der Waals surface area contributed by atoms with Gasteiger partial charge in [0, 0.05) is 12.5 Å². The first-order chi connectivity index (χ1) is 19.0. The number of aromatic nitrogens is 4. The first kappa shape index (κ1) is 29.2. The number of imidazole rings is 1. The molecule has 0 bridgehead atoms. The van der Waals surface area contributed by atoms with E-state index >= 15 is 0 Å². The van der Waals surface area contributed by atoms with Crippen molar-refractivity contribution in [3.05, 3.63) is 47.5 Å². The summed E-state index contributed by atoms with van der Waals surface area (Å²) < 4.78 is 12.6. The molecule has 1 fully saturated rings. The molecule has 1 unspecified atom stereocenters. The van der Waals surface area contributed by atoms with Crippen molar-refractivity contribution in [3.8, 4) is 12.3 Å². The van der Waals surface area contributed by atoms with E-state index in [2.05, 4.69) is 26.2 Å². The van der Waals surface area contributed by atoms with Gasteiger partial charge in [0.1, 0.15) is 12.2 Å². The van der Waals surface area contributed by atoms with Crippen LogP contribution in [0.5, 0.6) is 0 Å². The van der Waals surface area contributed by atoms with Gasteiger partial charge in [-0.1, -0.05) is 43.2 Å². The summed E-state index contributed by atoms with van der Waals surface area (Å²) in [4.78, 5) is 37.0. The molecule has 13 nitrogen and oxygen atoms in total. The van der Waals surface area contributed by atoms with Crippen LogP contribution < -0.4 is 5.32 Å². The number of rotatable bonds is 11. The Hall–Kier alpha value is -3.80. The Labute approximate surface area is 233 Å². The van der Waals surface area contributed by atoms with E-state index in [1.807, 2.05) is 13.8 Å². The van der Waals surface area contributed by atoms with Crippen molar-refractivity contribution in [3.63, 3.8) is 0 Å². The van der Waals surface area contributed by atoms with Crippen molar-refractivity contribution >= 4 is 40.5 Å². The predicted molar refractivity (Wildman–Crippen MR) is 142 cm³/mol. The lowest BCUT2D eigenvalue weighted by Crippen LogP contribution is -2.55. The van der Waals surface area contributed by atoms with Crippen molar-refractivity contribution in [2.24, 2.45) is 0 Å². The van der Waals surface area contributed by atoms with Crippen LogP contribution in [0.3, 0.4) is 0 Å². The highest BCUT2D eigenvalue weighted by molar-refractivity contribution is 6.28. The third-order valence-corrected chi connectivity index (χ3v) is 7.05. The summed E-state index contributed by atoms with van der Waals surface area (Å²) in [5.41, 5.74) is -4.28. The third-order valence-electron chi connectivity index (χ3n) is 6.88. The Balaban J connectivity index is 1.66. The van der Waals surface area contributed by atoms with E-state index in [-0.39, 0.29) is 17.0 Å². The van der Waals surface area contributed by atoms with Gasteiger partial charge in [-0.3, -0.25) is 4.57 Å². The first-order valence-electron chi connectivity index (χ1n) is 12.3. The Kier molecular flexibility index (Phi) is 8.29. The minimum absolute atomic E-state index is 0.0281. The maximum absolute atomic E-state index is 12.2. The summed E-state index contributed by atoms with van der Waals surface area (Å²) in [6.45, 7) is 3.13. The lowest BCUT2D eigenvalue weighted by atomic mass is 9.92. The monoisotopic (exact) mass is 573 g/mol. The molecule has 212 valence electrons. The standard InChI is InChI=1S/C26H28ClN5O8/c1-4-14(3)29-19-17-20(31-24(27)30-19)32(13-28-17)21-18(33)25(38,5-2)16(40-21)12-39-26(22(34)35,23(36)37)11-15-9-7-6-8-10-15/h2,6-10,13-14,16,18,21,33,38H,4,11-12H2,1,3H3,(H,34,35)(H,36,37)(H,29,30,31)/t14-,16?,18-,21+,25+/m0/s1. The minimum atomic E-state index is -2.73. The topological polar surface area (TPSA) is 189 Å². The van der Waals surface area contributed by atoms with Gasteiger partial charge in [-0.15, -0.1) is 6.42 Å². The molecular formula is C26H28ClN5O8. The third kappa shape index (κ3) is 5.19. The van der Waals surface area contributed by atoms with Crippen LogP contribution in [-0.4, -0.2) is 87.9 Å². The molecule has 5 atom stereocenters. The van der Waals surface area contributed by atoms with E-state index in [0.29, 0.717) is 16.9 Å². The smallest absolute Gasteiger partial charge is 0.348 e. The molecule has 0 aliphatic carbocycles. The second kappa shape index (κ2) is 11.4. The molecule has 40 heavy (non-hydrogen) atoms. The predicted octanol–water partition coefficient (Wildman–Crippen LogP) is 1.48. The fourth-order valence-electron chi connectivity index (χ4n) is 4.35. The number of fused-ring (bicyclic) bond motifs is 1. The number of carboxylic acid groups (broad SMARTS) is 2. The van der Waals surface area contributed by atoms with E-state index in [1.165, 1.54) is 10.9 Å². The number of carboxylic acids is 2. The molecule has 1 aromatic carbocycles. The van der Waals surface area contributed by atoms with E-state index in [0.717, 1.165) is 6.42 Å². The molecule has 0 spiro atoms. The molecule has 1 aliphatic heterocycles. The Morgan fingerprint density at radius 3 is 2.58 bits per heavy atom. The summed E-state index contributed by atoms with van der Waals surface area (Å²) in [5, 5.41) is 45.1. The molecule has 0 saturated carbocycles. The molecule has 0 radical (unpaired) electrons. The number of ether oxygens (including phenoxy) is 2. The average Bonchev–Trinajstić information content (AvgIpc) is 3.45. The summed E-state index contributed by atoms with van der Waals surface area (Å²) >= 11 is 6.14. The van der Waals surface area contributed by atoms with Gasteiger partial charge in [-0.05, 0) is 30.5 Å². The van der Waals surface area contributed by atoms with Crippen LogP contribution in [0, 0.1) is 12.3 Å². The van der Waals surface area contributed by atoms with Crippen LogP contribution in [0.4, 0.5) is 5.82 Å². The highest BCUT2D eigenvalue weighted by atomic mass is 35.5. The second-order valence-corrected chi connectivity index (χ2v) is 9.80. The lowest BCUT2D eigenvalue weighted by Gasteiger charge is -2.30. The zero-order valence-electron chi connectivity index (χ0n) is 21.6. The van der Waals surface area contributed by atoms with Crippen molar-refractivity contribution in [2.45, 2.75) is 62.4 Å². The molecule has 1 aliphatic rings. The fraction of sp³-hybridized carbons (Fsp3) is 0.423. The van der Waals surface area contributed by atoms with Crippen molar-refractivity contribution in [1.29, 1.82) is 0 Å². The van der Waals surface area contributed by atoms with Crippen LogP contribution in [0.2, 0.25) is 5.28 Å². The molecule has 3 heterocycles. The van der Waals surface area contributed by atoms with Gasteiger partial charge in [-0.2, -0.15) is 9.97 Å². The normalized spacial score (nSPS) is 23.6. The maximum Gasteiger partial charge on any atom is 0.348 e. The highest BCUT2D eigenvalue weighted by Gasteiger charge is 2.58. The number of carbonyl (C=O) groups is 2. The van der Waals surface area contributed by atoms with Gasteiger partial charge in [0.05, 0.1) is 12.9 Å². The summed E-state index contributed by atoms with van der Waals surface area (Å²) in [5.74, 6) is -1.11. The number of anilines is 1. The number of aliphatic carboxylic acids is 2. The molecule has 0 amide bonds. The number of nitrogens with one attached hydrogen (secondary N) is 1. The summed E-state index contributed by atoms with van der Waals surface area (Å²) in [6, 6.07) is 8.06. The van der Waals surface area contributed by atoms with Gasteiger partial charge in [0.15, 0.2) is 28.8 Å². The number of aliphatic hydroxyl groups is 2. The van der Waals surface area contributed by atoms with Gasteiger partial charge < -0.3 is 35.2 Å². The average molecular weight is 574 g/mol. The SMILES string of the molecule is C#C[C@@]1(O)C(COC(Cc2ccccc2)(C(=O)O)C(=O)O)O[C@@H](n2cnc3c(N[C@@H](C)CC)nc(Cl)nc32)[C@@H]1O. The van der Waals surface area contributed by atoms with Crippen LogP contribution >= 0.6 is 11.6 Å². The van der Waals surface area contributed by atoms with Crippen LogP contribution in [0.1, 0.15) is 32.1 Å². The van der Waals surface area contributed by atoms with Crippen molar-refractivity contribution in [1.82, 2.24) is 19.5 Å². The van der Waals surface area contributed by atoms with Crippen LogP contribution in [0.15, 0.2) is 36.7 Å². The second-order valence-electron chi connectivity index (χ2n) is 9.46. The number of hydrogen-bond donors (Lipinski definition) is 5. The van der Waals surface area contributed by atoms with Crippen molar-refractivity contribution < 1.29 is 39.5 Å². The van der Waals surface area contributed by atoms with E-state index < -0.39 is 54.6 Å². The largest absolute Gasteiger partial charge is 0.479 e. The molecule has 5 N–H and O–H groups in total. The minimum Gasteiger partial charge on any atom is -0.479 e. The van der Waals surface area contributed by atoms with Crippen LogP contribution in [0.25, 0.3) is 11.2 Å². The number of aliphatic hydroxyl groups excluding tert-OH is 1. The van der Waals surface area contributed by atoms with Gasteiger partial charge in [0.2, 0.25) is 5.28 Å². The zero-order valence-corrected chi connectivity index (χ0v) is 22.3. The quantitative estimate of drug-likeness (QED) is 0.126. The Morgan fingerprint density at radius 2 is 1.98 bits per heavy atom. The van der Waals surface area contributed by atoms with E-state index in [9.17, 15) is 30.0 Å². The zero-order chi connectivity index (χ0) is 29.2. The van der Waals surface area contributed by atoms with Gasteiger partial charge >= 0.3 is 11.9 Å². The molecule has 4 rings (SSSR count). The van der Waals surface area contributed by atoms with Crippen LogP contribution in [-0.2, 0) is 25.5 Å². The lowest BCUT2D eigenvalue weighted by molar-refractivity contribution is -0.191. The van der Waals surface area contributed by atoms with E-state index in [4.69, 9.17) is 27.5 Å². The molecular weight excluding hydrogens is 546 g/mol. The number of terminal acetylenes is 1. The van der Waals surface area contributed by atoms with Gasteiger partial charge in [-0.25, -0.2) is 14.6 Å². The number of halogens is 1. The Bertz CT molecular complexity index is 1430. The summed E-state index contributed by atoms with van der Waals surface area (Å²) in [7, 11) is 0. The molecule has 14 heteroatoms. The highest BCUT2D eigenvalue weighted by Crippen LogP contribution is 2.39. The number of benzene rings is 1. The van der Waals surface area contributed by atoms with Crippen molar-refractivity contribution in [2.75, 3.05) is 11.9 Å². The van der Waals surface area contributed by atoms with E-state index in [1.54, 1.807) is 30.3 Å². The molecule has 1 saturated heterocycles. The maximum atomic E-state index is 12.2. The number of hydrogen-bond acceptors (Lipinski definition) is 10. The first-order valence-corrected chi connectivity index (χ1v) is 12.7. The fourth-order valence-corrected chi connectivity index (χ4v) is 4.51. The summed E-state index contributed by atoms with van der Waals surface area (Å²) in [6.07, 6.45) is 2.42. The Morgan fingerprint density at radius 1 is 1.30 bits per heavy atom.